The van der Waals surface area contributed by atoms with Crippen LogP contribution in [-0.2, 0) is 9.53 Å². The van der Waals surface area contributed by atoms with E-state index in [9.17, 15) is 19.8 Å². The fraction of sp³-hybridized carbons (Fsp3) is 0.364. The van der Waals surface area contributed by atoms with Crippen LogP contribution in [-0.4, -0.2) is 40.7 Å². The maximum atomic E-state index is 10.9. The summed E-state index contributed by atoms with van der Waals surface area (Å²) >= 11 is 0. The zero-order valence-corrected chi connectivity index (χ0v) is 9.24. The lowest BCUT2D eigenvalue weighted by atomic mass is 10.1. The van der Waals surface area contributed by atoms with E-state index in [1.54, 1.807) is 0 Å². The number of aliphatic hydroxyl groups excluding tert-OH is 2. The quantitative estimate of drug-likeness (QED) is 0.548. The van der Waals surface area contributed by atoms with Crippen molar-refractivity contribution in [2.45, 2.75) is 18.6 Å². The molecule has 0 amide bonds. The third-order valence-corrected chi connectivity index (χ3v) is 2.22. The zero-order chi connectivity index (χ0) is 12.8. The molecule has 0 bridgehead atoms. The number of rotatable bonds is 5. The van der Waals surface area contributed by atoms with Crippen LogP contribution in [0.5, 0.6) is 0 Å². The first-order valence-corrected chi connectivity index (χ1v) is 4.92. The molecule has 6 nitrogen and oxygen atoms in total. The molecule has 1 aromatic heterocycles. The van der Waals surface area contributed by atoms with E-state index in [2.05, 4.69) is 9.72 Å². The molecule has 0 fully saturated rings. The third kappa shape index (κ3) is 3.61. The van der Waals surface area contributed by atoms with Gasteiger partial charge in [-0.3, -0.25) is 14.6 Å². The summed E-state index contributed by atoms with van der Waals surface area (Å²) in [6.45, 7) is 0. The highest BCUT2D eigenvalue weighted by molar-refractivity contribution is 5.73. The van der Waals surface area contributed by atoms with E-state index in [-0.39, 0.29) is 12.1 Å². The van der Waals surface area contributed by atoms with Gasteiger partial charge in [0.05, 0.1) is 25.3 Å². The number of carbonyl (C=O) groups excluding carboxylic acids is 2. The van der Waals surface area contributed by atoms with Gasteiger partial charge in [-0.1, -0.05) is 0 Å². The first-order chi connectivity index (χ1) is 8.08. The summed E-state index contributed by atoms with van der Waals surface area (Å²) in [5.41, 5.74) is 0.551. The first kappa shape index (κ1) is 13.3. The van der Waals surface area contributed by atoms with Crippen LogP contribution in [0.2, 0.25) is 0 Å². The molecular formula is C11H13NO5. The molecule has 1 heterocycles. The van der Waals surface area contributed by atoms with Gasteiger partial charge in [0.2, 0.25) is 0 Å². The lowest BCUT2D eigenvalue weighted by Gasteiger charge is -2.16. The lowest BCUT2D eigenvalue weighted by molar-refractivity contribution is -0.144. The van der Waals surface area contributed by atoms with Crippen molar-refractivity contribution in [3.8, 4) is 0 Å². The second kappa shape index (κ2) is 6.07. The number of aldehydes is 1. The second-order valence-electron chi connectivity index (χ2n) is 3.43. The van der Waals surface area contributed by atoms with Crippen LogP contribution in [0, 0.1) is 0 Å². The average Bonchev–Trinajstić information content (AvgIpc) is 2.37. The minimum absolute atomic E-state index is 0.187. The number of hydrogen-bond donors (Lipinski definition) is 2. The van der Waals surface area contributed by atoms with Crippen LogP contribution in [0.15, 0.2) is 18.3 Å². The van der Waals surface area contributed by atoms with Gasteiger partial charge in [0, 0.05) is 11.8 Å². The van der Waals surface area contributed by atoms with Crippen molar-refractivity contribution in [3.05, 3.63) is 29.6 Å². The molecule has 2 unspecified atom stereocenters. The summed E-state index contributed by atoms with van der Waals surface area (Å²) < 4.78 is 4.37. The Kier molecular flexibility index (Phi) is 4.74. The van der Waals surface area contributed by atoms with Crippen molar-refractivity contribution in [3.63, 3.8) is 0 Å². The fourth-order valence-electron chi connectivity index (χ4n) is 1.22. The van der Waals surface area contributed by atoms with Gasteiger partial charge >= 0.3 is 5.97 Å². The molecule has 1 aromatic rings. The summed E-state index contributed by atoms with van der Waals surface area (Å²) in [5, 5.41) is 19.2. The van der Waals surface area contributed by atoms with Crippen LogP contribution < -0.4 is 0 Å². The van der Waals surface area contributed by atoms with E-state index in [1.807, 2.05) is 0 Å². The Morgan fingerprint density at radius 3 is 2.71 bits per heavy atom. The van der Waals surface area contributed by atoms with Crippen molar-refractivity contribution < 1.29 is 24.5 Å². The first-order valence-electron chi connectivity index (χ1n) is 4.92. The summed E-state index contributed by atoms with van der Waals surface area (Å²) in [4.78, 5) is 25.1. The molecule has 2 atom stereocenters. The van der Waals surface area contributed by atoms with Gasteiger partial charge < -0.3 is 14.9 Å². The van der Waals surface area contributed by atoms with Crippen LogP contribution in [0.4, 0.5) is 0 Å². The second-order valence-corrected chi connectivity index (χ2v) is 3.43. The Bertz CT molecular complexity index is 389. The largest absolute Gasteiger partial charge is 0.469 e. The van der Waals surface area contributed by atoms with E-state index >= 15 is 0 Å². The molecule has 0 radical (unpaired) electrons. The number of esters is 1. The Balaban J connectivity index is 2.70. The minimum atomic E-state index is -1.30. The highest BCUT2D eigenvalue weighted by Crippen LogP contribution is 2.17. The van der Waals surface area contributed by atoms with E-state index in [0.717, 1.165) is 0 Å². The molecule has 0 aliphatic carbocycles. The zero-order valence-electron chi connectivity index (χ0n) is 9.24. The third-order valence-electron chi connectivity index (χ3n) is 2.22. The number of pyridine rings is 1. The number of aromatic nitrogens is 1. The van der Waals surface area contributed by atoms with Gasteiger partial charge in [-0.2, -0.15) is 0 Å². The Labute approximate surface area is 97.9 Å². The molecule has 2 N–H and O–H groups in total. The molecule has 17 heavy (non-hydrogen) atoms. The van der Waals surface area contributed by atoms with Gasteiger partial charge in [0.25, 0.3) is 0 Å². The van der Waals surface area contributed by atoms with Crippen molar-refractivity contribution in [1.82, 2.24) is 4.98 Å². The van der Waals surface area contributed by atoms with Gasteiger partial charge in [-0.25, -0.2) is 0 Å². The van der Waals surface area contributed by atoms with Crippen LogP contribution in [0.25, 0.3) is 0 Å². The lowest BCUT2D eigenvalue weighted by Crippen LogP contribution is -2.23. The fourth-order valence-corrected chi connectivity index (χ4v) is 1.22. The number of ether oxygens (including phenoxy) is 1. The maximum absolute atomic E-state index is 10.9. The number of hydrogen-bond acceptors (Lipinski definition) is 6. The highest BCUT2D eigenvalue weighted by atomic mass is 16.5. The topological polar surface area (TPSA) is 96.7 Å². The Morgan fingerprint density at radius 1 is 1.53 bits per heavy atom. The SMILES string of the molecule is COC(=O)CC(O)C(O)c1ccc(C=O)cn1. The summed E-state index contributed by atoms with van der Waals surface area (Å²) in [5.74, 6) is -0.624. The number of nitrogens with zero attached hydrogens (tertiary/aromatic N) is 1. The molecule has 1 rings (SSSR count). The molecule has 6 heteroatoms. The van der Waals surface area contributed by atoms with Crippen LogP contribution in [0.3, 0.4) is 0 Å². The number of methoxy groups -OCH3 is 1. The van der Waals surface area contributed by atoms with Gasteiger partial charge in [0.15, 0.2) is 6.29 Å². The normalized spacial score (nSPS) is 13.8. The van der Waals surface area contributed by atoms with Crippen LogP contribution in [0.1, 0.15) is 28.6 Å². The van der Waals surface area contributed by atoms with Crippen molar-refractivity contribution >= 4 is 12.3 Å². The van der Waals surface area contributed by atoms with Gasteiger partial charge in [-0.05, 0) is 12.1 Å². The van der Waals surface area contributed by atoms with Gasteiger partial charge in [0.1, 0.15) is 6.10 Å². The van der Waals surface area contributed by atoms with Crippen molar-refractivity contribution in [2.24, 2.45) is 0 Å². The van der Waals surface area contributed by atoms with Crippen molar-refractivity contribution in [1.29, 1.82) is 0 Å². The predicted octanol–water partition coefficient (Wildman–Crippen LogP) is -0.148. The molecule has 92 valence electrons. The monoisotopic (exact) mass is 239 g/mol. The summed E-state index contributed by atoms with van der Waals surface area (Å²) in [6.07, 6.45) is -1.02. The number of aliphatic hydroxyl groups is 2. The molecule has 0 aliphatic heterocycles. The highest BCUT2D eigenvalue weighted by Gasteiger charge is 2.22. The van der Waals surface area contributed by atoms with Crippen LogP contribution >= 0.6 is 0 Å². The average molecular weight is 239 g/mol. The van der Waals surface area contributed by atoms with Crippen molar-refractivity contribution in [2.75, 3.05) is 7.11 Å². The summed E-state index contributed by atoms with van der Waals surface area (Å²) in [6, 6.07) is 2.87. The molecule has 0 aliphatic rings. The van der Waals surface area contributed by atoms with E-state index in [4.69, 9.17) is 0 Å². The molecule has 0 spiro atoms. The van der Waals surface area contributed by atoms with E-state index in [1.165, 1.54) is 25.4 Å². The smallest absolute Gasteiger partial charge is 0.308 e. The minimum Gasteiger partial charge on any atom is -0.469 e. The summed E-state index contributed by atoms with van der Waals surface area (Å²) in [7, 11) is 1.19. The van der Waals surface area contributed by atoms with E-state index < -0.39 is 18.2 Å². The molecule has 0 saturated heterocycles. The Morgan fingerprint density at radius 2 is 2.24 bits per heavy atom. The van der Waals surface area contributed by atoms with E-state index in [0.29, 0.717) is 11.8 Å². The standard InChI is InChI=1S/C11H13NO5/c1-17-10(15)4-9(14)11(16)8-3-2-7(6-13)5-12-8/h2-3,5-6,9,11,14,16H,4H2,1H3. The Hall–Kier alpha value is -1.79. The number of carbonyl (C=O) groups is 2. The molecular weight excluding hydrogens is 226 g/mol. The maximum Gasteiger partial charge on any atom is 0.308 e. The molecule has 0 aromatic carbocycles. The van der Waals surface area contributed by atoms with Gasteiger partial charge in [-0.15, -0.1) is 0 Å². The predicted molar refractivity (Wildman–Crippen MR) is 57.2 cm³/mol. The molecule has 0 saturated carbocycles.